The first-order valence-electron chi connectivity index (χ1n) is 8.31. The third kappa shape index (κ3) is 3.00. The molecule has 3 rings (SSSR count). The van der Waals surface area contributed by atoms with Crippen LogP contribution in [0.25, 0.3) is 0 Å². The van der Waals surface area contributed by atoms with Crippen LogP contribution in [-0.4, -0.2) is 44.8 Å². The second kappa shape index (κ2) is 6.15. The molecule has 0 unspecified atom stereocenters. The molecule has 0 bridgehead atoms. The van der Waals surface area contributed by atoms with Crippen LogP contribution in [0, 0.1) is 17.3 Å². The smallest absolute Gasteiger partial charge is 0.307 e. The van der Waals surface area contributed by atoms with Crippen LogP contribution in [0.4, 0.5) is 11.4 Å². The molecule has 1 saturated carbocycles. The summed E-state index contributed by atoms with van der Waals surface area (Å²) < 4.78 is 30.9. The molecule has 1 amide bonds. The van der Waals surface area contributed by atoms with Crippen molar-refractivity contribution in [2.24, 2.45) is 17.3 Å². The second-order valence-corrected chi connectivity index (χ2v) is 9.25. The van der Waals surface area contributed by atoms with E-state index in [0.29, 0.717) is 30.1 Å². The Morgan fingerprint density at radius 1 is 1.31 bits per heavy atom. The first kappa shape index (κ1) is 18.5. The number of hydrogen-bond donors (Lipinski definition) is 2. The molecule has 1 aromatic carbocycles. The van der Waals surface area contributed by atoms with Crippen LogP contribution in [0.15, 0.2) is 18.2 Å². The van der Waals surface area contributed by atoms with Crippen molar-refractivity contribution in [3.8, 4) is 5.75 Å². The lowest BCUT2D eigenvalue weighted by molar-refractivity contribution is -0.140. The number of benzene rings is 1. The van der Waals surface area contributed by atoms with Gasteiger partial charge >= 0.3 is 5.97 Å². The molecule has 1 saturated heterocycles. The number of ether oxygens (including phenoxy) is 1. The molecule has 0 spiro atoms. The van der Waals surface area contributed by atoms with E-state index in [0.717, 1.165) is 0 Å². The number of rotatable bonds is 5. The van der Waals surface area contributed by atoms with Gasteiger partial charge in [-0.05, 0) is 30.0 Å². The maximum Gasteiger partial charge on any atom is 0.307 e. The molecule has 0 radical (unpaired) electrons. The van der Waals surface area contributed by atoms with E-state index in [4.69, 9.17) is 4.74 Å². The van der Waals surface area contributed by atoms with Crippen molar-refractivity contribution in [3.05, 3.63) is 18.2 Å². The highest BCUT2D eigenvalue weighted by atomic mass is 32.2. The maximum absolute atomic E-state index is 12.5. The predicted molar refractivity (Wildman–Crippen MR) is 95.8 cm³/mol. The maximum atomic E-state index is 12.5. The number of hydrogen-bond acceptors (Lipinski definition) is 5. The Morgan fingerprint density at radius 3 is 2.50 bits per heavy atom. The van der Waals surface area contributed by atoms with Gasteiger partial charge in [-0.1, -0.05) is 13.8 Å². The molecule has 2 fully saturated rings. The topological polar surface area (TPSA) is 113 Å². The molecular formula is C17H22N2O6S. The Balaban J connectivity index is 1.85. The fraction of sp³-hybridized carbons (Fsp3) is 0.529. The number of sulfonamides is 1. The minimum Gasteiger partial charge on any atom is -0.495 e. The molecule has 0 aromatic heterocycles. The molecule has 9 heteroatoms. The van der Waals surface area contributed by atoms with Gasteiger partial charge < -0.3 is 15.2 Å². The lowest BCUT2D eigenvalue weighted by Gasteiger charge is -2.20. The number of aliphatic carboxylic acids is 1. The van der Waals surface area contributed by atoms with Gasteiger partial charge in [0.05, 0.1) is 30.4 Å². The summed E-state index contributed by atoms with van der Waals surface area (Å²) in [6.07, 6.45) is 0.526. The molecule has 2 N–H and O–H groups in total. The summed E-state index contributed by atoms with van der Waals surface area (Å²) in [5, 5.41) is 11.9. The summed E-state index contributed by atoms with van der Waals surface area (Å²) in [7, 11) is -1.95. The molecular weight excluding hydrogens is 360 g/mol. The Bertz CT molecular complexity index is 864. The van der Waals surface area contributed by atoms with Gasteiger partial charge in [-0.15, -0.1) is 0 Å². The fourth-order valence-corrected chi connectivity index (χ4v) is 5.24. The molecule has 2 aliphatic rings. The average molecular weight is 382 g/mol. The van der Waals surface area contributed by atoms with Crippen molar-refractivity contribution in [1.82, 2.24) is 0 Å². The van der Waals surface area contributed by atoms with Crippen molar-refractivity contribution in [3.63, 3.8) is 0 Å². The largest absolute Gasteiger partial charge is 0.495 e. The van der Waals surface area contributed by atoms with Crippen LogP contribution in [0.5, 0.6) is 5.75 Å². The summed E-state index contributed by atoms with van der Waals surface area (Å²) in [6, 6.07) is 4.74. The van der Waals surface area contributed by atoms with Gasteiger partial charge in [-0.25, -0.2) is 8.42 Å². The highest BCUT2D eigenvalue weighted by molar-refractivity contribution is 7.93. The third-order valence-corrected chi connectivity index (χ3v) is 7.05. The molecule has 1 aliphatic heterocycles. The monoisotopic (exact) mass is 382 g/mol. The standard InChI is InChI=1S/C17H22N2O6S/c1-17(2)13(14(17)16(21)22)15(20)18-10-5-6-12(25-3)11(9-10)19-7-4-8-26(19,23)24/h5-6,9,13-14H,4,7-8H2,1-3H3,(H,18,20)(H,21,22)/t13-,14+/m0/s1. The summed E-state index contributed by atoms with van der Waals surface area (Å²) in [4.78, 5) is 23.7. The van der Waals surface area contributed by atoms with Crippen molar-refractivity contribution >= 4 is 33.3 Å². The third-order valence-electron chi connectivity index (χ3n) is 5.19. The SMILES string of the molecule is COc1ccc(NC(=O)[C@@H]2[C@H](C(=O)O)C2(C)C)cc1N1CCCS1(=O)=O. The minimum absolute atomic E-state index is 0.0727. The van der Waals surface area contributed by atoms with Gasteiger partial charge in [-0.2, -0.15) is 0 Å². The number of carbonyl (C=O) groups is 2. The fourth-order valence-electron chi connectivity index (χ4n) is 3.68. The van der Waals surface area contributed by atoms with Crippen LogP contribution in [-0.2, 0) is 19.6 Å². The number of carboxylic acids is 1. The van der Waals surface area contributed by atoms with Crippen LogP contribution >= 0.6 is 0 Å². The first-order chi connectivity index (χ1) is 12.1. The van der Waals surface area contributed by atoms with E-state index in [-0.39, 0.29) is 11.7 Å². The number of nitrogens with zero attached hydrogens (tertiary/aromatic N) is 1. The molecule has 8 nitrogen and oxygen atoms in total. The van der Waals surface area contributed by atoms with Crippen LogP contribution < -0.4 is 14.4 Å². The van der Waals surface area contributed by atoms with E-state index in [2.05, 4.69) is 5.32 Å². The van der Waals surface area contributed by atoms with Crippen molar-refractivity contribution in [2.75, 3.05) is 29.0 Å². The van der Waals surface area contributed by atoms with E-state index in [9.17, 15) is 23.1 Å². The predicted octanol–water partition coefficient (Wildman–Crippen LogP) is 1.53. The van der Waals surface area contributed by atoms with Gasteiger partial charge in [0.2, 0.25) is 15.9 Å². The van der Waals surface area contributed by atoms with Gasteiger partial charge in [0, 0.05) is 12.2 Å². The molecule has 1 heterocycles. The van der Waals surface area contributed by atoms with Gasteiger partial charge in [0.15, 0.2) is 0 Å². The first-order valence-corrected chi connectivity index (χ1v) is 9.92. The molecule has 142 valence electrons. The summed E-state index contributed by atoms with van der Waals surface area (Å²) in [5.41, 5.74) is 0.163. The zero-order valence-electron chi connectivity index (χ0n) is 14.9. The summed E-state index contributed by atoms with van der Waals surface area (Å²) in [6.45, 7) is 3.84. The van der Waals surface area contributed by atoms with E-state index in [1.165, 1.54) is 11.4 Å². The van der Waals surface area contributed by atoms with Crippen molar-refractivity contribution in [1.29, 1.82) is 0 Å². The zero-order valence-corrected chi connectivity index (χ0v) is 15.7. The van der Waals surface area contributed by atoms with E-state index in [1.807, 2.05) is 0 Å². The van der Waals surface area contributed by atoms with Gasteiger partial charge in [-0.3, -0.25) is 13.9 Å². The Labute approximate surface area is 152 Å². The molecule has 26 heavy (non-hydrogen) atoms. The normalized spacial score (nSPS) is 25.6. The van der Waals surface area contributed by atoms with Crippen molar-refractivity contribution < 1.29 is 27.9 Å². The average Bonchev–Trinajstić information content (AvgIpc) is 2.96. The second-order valence-electron chi connectivity index (χ2n) is 7.23. The molecule has 1 aromatic rings. The molecule has 2 atom stereocenters. The number of carboxylic acid groups (broad SMARTS) is 1. The Morgan fingerprint density at radius 2 is 2.00 bits per heavy atom. The van der Waals surface area contributed by atoms with Gasteiger partial charge in [0.1, 0.15) is 5.75 Å². The van der Waals surface area contributed by atoms with E-state index >= 15 is 0 Å². The highest BCUT2D eigenvalue weighted by Gasteiger charge is 2.65. The number of anilines is 2. The summed E-state index contributed by atoms with van der Waals surface area (Å²) in [5.74, 6) is -2.26. The molecule has 1 aliphatic carbocycles. The number of carbonyl (C=O) groups excluding carboxylic acids is 1. The number of nitrogens with one attached hydrogen (secondary N) is 1. The lowest BCUT2D eigenvalue weighted by Crippen LogP contribution is -2.26. The Hall–Kier alpha value is -2.29. The number of methoxy groups -OCH3 is 1. The van der Waals surface area contributed by atoms with E-state index < -0.39 is 33.2 Å². The van der Waals surface area contributed by atoms with Crippen LogP contribution in [0.1, 0.15) is 20.3 Å². The van der Waals surface area contributed by atoms with Gasteiger partial charge in [0.25, 0.3) is 0 Å². The van der Waals surface area contributed by atoms with Crippen LogP contribution in [0.3, 0.4) is 0 Å². The summed E-state index contributed by atoms with van der Waals surface area (Å²) >= 11 is 0. The lowest BCUT2D eigenvalue weighted by atomic mass is 10.1. The zero-order chi connectivity index (χ0) is 19.3. The highest BCUT2D eigenvalue weighted by Crippen LogP contribution is 2.58. The quantitative estimate of drug-likeness (QED) is 0.798. The Kier molecular flexibility index (Phi) is 4.38. The van der Waals surface area contributed by atoms with Crippen LogP contribution in [0.2, 0.25) is 0 Å². The minimum atomic E-state index is -3.40. The number of amides is 1. The van der Waals surface area contributed by atoms with E-state index in [1.54, 1.807) is 32.0 Å². The van der Waals surface area contributed by atoms with Crippen molar-refractivity contribution in [2.45, 2.75) is 20.3 Å².